The topological polar surface area (TPSA) is 130 Å². The highest BCUT2D eigenvalue weighted by atomic mass is 16.4. The Morgan fingerprint density at radius 2 is 1.85 bits per heavy atom. The van der Waals surface area contributed by atoms with Crippen LogP contribution in [-0.2, 0) is 19.2 Å². The number of carbonyl (C=O) groups excluding carboxylic acids is 3. The summed E-state index contributed by atoms with van der Waals surface area (Å²) in [6.07, 6.45) is 3.60. The molecule has 8 heteroatoms. The molecule has 1 aliphatic heterocycles. The summed E-state index contributed by atoms with van der Waals surface area (Å²) >= 11 is 0. The van der Waals surface area contributed by atoms with E-state index < -0.39 is 36.3 Å². The van der Waals surface area contributed by atoms with Gasteiger partial charge in [0.1, 0.15) is 12.6 Å². The molecule has 4 N–H and O–H groups in total. The number of hydrogen-bond donors (Lipinski definition) is 3. The van der Waals surface area contributed by atoms with Gasteiger partial charge < -0.3 is 16.2 Å². The molecule has 0 aromatic carbocycles. The Kier molecular flexibility index (Phi) is 5.85. The fraction of sp³-hybridized carbons (Fsp3) is 0.500. The van der Waals surface area contributed by atoms with E-state index in [-0.39, 0.29) is 6.42 Å². The van der Waals surface area contributed by atoms with Crippen LogP contribution in [0.4, 0.5) is 0 Å². The fourth-order valence-corrected chi connectivity index (χ4v) is 1.72. The van der Waals surface area contributed by atoms with Crippen molar-refractivity contribution < 1.29 is 24.3 Å². The normalized spacial score (nSPS) is 15.6. The van der Waals surface area contributed by atoms with Crippen LogP contribution < -0.4 is 11.1 Å². The second-order valence-electron chi connectivity index (χ2n) is 4.34. The molecule has 8 nitrogen and oxygen atoms in total. The predicted octanol–water partition coefficient (Wildman–Crippen LogP) is -1.39. The minimum Gasteiger partial charge on any atom is -0.480 e. The van der Waals surface area contributed by atoms with E-state index in [1.165, 1.54) is 0 Å². The second kappa shape index (κ2) is 7.39. The van der Waals surface area contributed by atoms with Crippen molar-refractivity contribution in [2.75, 3.05) is 13.1 Å². The third-order valence-corrected chi connectivity index (χ3v) is 2.78. The zero-order valence-electron chi connectivity index (χ0n) is 10.9. The van der Waals surface area contributed by atoms with Gasteiger partial charge in [-0.2, -0.15) is 0 Å². The lowest BCUT2D eigenvalue weighted by Gasteiger charge is -2.17. The molecule has 110 valence electrons. The number of amides is 3. The van der Waals surface area contributed by atoms with E-state index in [1.807, 2.05) is 0 Å². The Morgan fingerprint density at radius 1 is 1.25 bits per heavy atom. The third-order valence-electron chi connectivity index (χ3n) is 2.78. The SMILES string of the molecule is NCCCC[C@H](NC(=O)CN1C(=O)C=CC1=O)C(=O)O. The molecule has 0 saturated heterocycles. The first-order chi connectivity index (χ1) is 9.45. The quantitative estimate of drug-likeness (QED) is 0.371. The maximum absolute atomic E-state index is 11.7. The van der Waals surface area contributed by atoms with Gasteiger partial charge in [-0.1, -0.05) is 0 Å². The van der Waals surface area contributed by atoms with E-state index in [4.69, 9.17) is 10.8 Å². The van der Waals surface area contributed by atoms with E-state index in [0.717, 1.165) is 17.1 Å². The van der Waals surface area contributed by atoms with Gasteiger partial charge in [0.15, 0.2) is 0 Å². The van der Waals surface area contributed by atoms with E-state index >= 15 is 0 Å². The summed E-state index contributed by atoms with van der Waals surface area (Å²) < 4.78 is 0. The first-order valence-corrected chi connectivity index (χ1v) is 6.21. The van der Waals surface area contributed by atoms with Crippen molar-refractivity contribution in [3.8, 4) is 0 Å². The molecule has 0 fully saturated rings. The Balaban J connectivity index is 2.47. The number of aliphatic carboxylic acids is 1. The van der Waals surface area contributed by atoms with Gasteiger partial charge in [-0.3, -0.25) is 19.3 Å². The monoisotopic (exact) mass is 283 g/mol. The van der Waals surface area contributed by atoms with Crippen molar-refractivity contribution in [3.05, 3.63) is 12.2 Å². The van der Waals surface area contributed by atoms with Crippen LogP contribution >= 0.6 is 0 Å². The first-order valence-electron chi connectivity index (χ1n) is 6.21. The molecule has 0 aliphatic carbocycles. The number of nitrogens with one attached hydrogen (secondary N) is 1. The van der Waals surface area contributed by atoms with Crippen molar-refractivity contribution in [2.45, 2.75) is 25.3 Å². The molecule has 1 rings (SSSR count). The molecule has 3 amide bonds. The van der Waals surface area contributed by atoms with Crippen molar-refractivity contribution in [2.24, 2.45) is 5.73 Å². The van der Waals surface area contributed by atoms with Gasteiger partial charge in [0.25, 0.3) is 11.8 Å². The number of imide groups is 1. The summed E-state index contributed by atoms with van der Waals surface area (Å²) in [6, 6.07) is -1.05. The highest BCUT2D eigenvalue weighted by molar-refractivity contribution is 6.14. The van der Waals surface area contributed by atoms with Gasteiger partial charge >= 0.3 is 5.97 Å². The highest BCUT2D eigenvalue weighted by Gasteiger charge is 2.27. The van der Waals surface area contributed by atoms with Crippen molar-refractivity contribution >= 4 is 23.7 Å². The average molecular weight is 283 g/mol. The maximum atomic E-state index is 11.7. The van der Waals surface area contributed by atoms with Crippen LogP contribution in [0.1, 0.15) is 19.3 Å². The highest BCUT2D eigenvalue weighted by Crippen LogP contribution is 2.04. The number of hydrogen-bond acceptors (Lipinski definition) is 5. The van der Waals surface area contributed by atoms with Gasteiger partial charge in [-0.25, -0.2) is 4.79 Å². The van der Waals surface area contributed by atoms with Crippen LogP contribution in [0, 0.1) is 0 Å². The molecule has 0 aromatic heterocycles. The molecule has 1 atom stereocenters. The Bertz CT molecular complexity index is 428. The summed E-state index contributed by atoms with van der Waals surface area (Å²) in [6.45, 7) is -0.0337. The maximum Gasteiger partial charge on any atom is 0.326 e. The summed E-state index contributed by atoms with van der Waals surface area (Å²) in [5, 5.41) is 11.3. The number of carbonyl (C=O) groups is 4. The zero-order valence-corrected chi connectivity index (χ0v) is 10.9. The molecule has 0 spiro atoms. The van der Waals surface area contributed by atoms with E-state index in [2.05, 4.69) is 5.32 Å². The van der Waals surface area contributed by atoms with Gasteiger partial charge in [0, 0.05) is 12.2 Å². The Labute approximate surface area is 115 Å². The van der Waals surface area contributed by atoms with Crippen molar-refractivity contribution in [1.82, 2.24) is 10.2 Å². The van der Waals surface area contributed by atoms with Crippen LogP contribution in [0.5, 0.6) is 0 Å². The average Bonchev–Trinajstić information content (AvgIpc) is 2.69. The molecule has 0 radical (unpaired) electrons. The Morgan fingerprint density at radius 3 is 2.35 bits per heavy atom. The number of rotatable bonds is 8. The number of unbranched alkanes of at least 4 members (excludes halogenated alkanes) is 1. The smallest absolute Gasteiger partial charge is 0.326 e. The van der Waals surface area contributed by atoms with Crippen LogP contribution in [0.2, 0.25) is 0 Å². The van der Waals surface area contributed by atoms with Crippen LogP contribution in [0.25, 0.3) is 0 Å². The molecule has 0 aromatic rings. The standard InChI is InChI=1S/C12H17N3O5/c13-6-2-1-3-8(12(19)20)14-9(16)7-15-10(17)4-5-11(15)18/h4-5,8H,1-3,6-7,13H2,(H,14,16)(H,19,20)/t8-/m0/s1. The van der Waals surface area contributed by atoms with E-state index in [0.29, 0.717) is 19.4 Å². The van der Waals surface area contributed by atoms with Crippen LogP contribution in [0.3, 0.4) is 0 Å². The van der Waals surface area contributed by atoms with Gasteiger partial charge in [0.2, 0.25) is 5.91 Å². The Hall–Kier alpha value is -2.22. The minimum absolute atomic E-state index is 0.248. The second-order valence-corrected chi connectivity index (χ2v) is 4.34. The fourth-order valence-electron chi connectivity index (χ4n) is 1.72. The first kappa shape index (κ1) is 15.8. The molecule has 0 unspecified atom stereocenters. The molecule has 1 heterocycles. The van der Waals surface area contributed by atoms with Gasteiger partial charge in [-0.15, -0.1) is 0 Å². The van der Waals surface area contributed by atoms with Gasteiger partial charge in [0.05, 0.1) is 0 Å². The lowest BCUT2D eigenvalue weighted by Crippen LogP contribution is -2.46. The zero-order chi connectivity index (χ0) is 15.1. The van der Waals surface area contributed by atoms with Crippen molar-refractivity contribution in [3.63, 3.8) is 0 Å². The third kappa shape index (κ3) is 4.47. The number of carboxylic acid groups (broad SMARTS) is 1. The molecule has 20 heavy (non-hydrogen) atoms. The molecular weight excluding hydrogens is 266 g/mol. The molecule has 0 saturated carbocycles. The van der Waals surface area contributed by atoms with E-state index in [9.17, 15) is 19.2 Å². The predicted molar refractivity (Wildman–Crippen MR) is 68.3 cm³/mol. The molecule has 0 bridgehead atoms. The van der Waals surface area contributed by atoms with Crippen molar-refractivity contribution in [1.29, 1.82) is 0 Å². The lowest BCUT2D eigenvalue weighted by molar-refractivity contribution is -0.143. The molecule has 1 aliphatic rings. The molecular formula is C12H17N3O5. The minimum atomic E-state index is -1.16. The number of carboxylic acids is 1. The van der Waals surface area contributed by atoms with E-state index in [1.54, 1.807) is 0 Å². The summed E-state index contributed by atoms with van der Waals surface area (Å²) in [5.74, 6) is -3.01. The van der Waals surface area contributed by atoms with Gasteiger partial charge in [-0.05, 0) is 25.8 Å². The largest absolute Gasteiger partial charge is 0.480 e. The summed E-state index contributed by atoms with van der Waals surface area (Å²) in [4.78, 5) is 45.9. The lowest BCUT2D eigenvalue weighted by atomic mass is 10.1. The van der Waals surface area contributed by atoms with Crippen LogP contribution in [-0.4, -0.2) is 52.8 Å². The summed E-state index contributed by atoms with van der Waals surface area (Å²) in [7, 11) is 0. The van der Waals surface area contributed by atoms with Crippen LogP contribution in [0.15, 0.2) is 12.2 Å². The summed E-state index contributed by atoms with van der Waals surface area (Å²) in [5.41, 5.74) is 5.31. The number of nitrogens with zero attached hydrogens (tertiary/aromatic N) is 1. The number of nitrogens with two attached hydrogens (primary N) is 1.